The van der Waals surface area contributed by atoms with Gasteiger partial charge in [-0.3, -0.25) is 19.5 Å². The highest BCUT2D eigenvalue weighted by atomic mass is 35.5. The number of carboxylic acid groups (broad SMARTS) is 1. The lowest BCUT2D eigenvalue weighted by Gasteiger charge is -2.36. The summed E-state index contributed by atoms with van der Waals surface area (Å²) in [6, 6.07) is 14.5. The van der Waals surface area contributed by atoms with Gasteiger partial charge in [-0.1, -0.05) is 48.0 Å². The van der Waals surface area contributed by atoms with E-state index in [0.29, 0.717) is 40.5 Å². The van der Waals surface area contributed by atoms with Crippen LogP contribution in [0.2, 0.25) is 5.02 Å². The number of hydrogen-bond acceptors (Lipinski definition) is 6. The molecule has 4 rings (SSSR count). The minimum atomic E-state index is -0.902. The molecule has 0 aliphatic carbocycles. The summed E-state index contributed by atoms with van der Waals surface area (Å²) >= 11 is 6.18. The molecule has 0 saturated carbocycles. The maximum Gasteiger partial charge on any atom is 0.310 e. The van der Waals surface area contributed by atoms with Gasteiger partial charge in [-0.25, -0.2) is 4.98 Å². The van der Waals surface area contributed by atoms with Crippen molar-refractivity contribution in [2.75, 3.05) is 25.4 Å². The predicted octanol–water partition coefficient (Wildman–Crippen LogP) is 3.01. The number of carbonyl (C=O) groups is 1. The highest BCUT2D eigenvalue weighted by molar-refractivity contribution is 6.30. The van der Waals surface area contributed by atoms with Crippen molar-refractivity contribution in [2.24, 2.45) is 0 Å². The molecule has 8 nitrogen and oxygen atoms in total. The van der Waals surface area contributed by atoms with Gasteiger partial charge in [0.25, 0.3) is 5.56 Å². The van der Waals surface area contributed by atoms with Crippen LogP contribution in [0.1, 0.15) is 35.7 Å². The van der Waals surface area contributed by atoms with Gasteiger partial charge in [0.05, 0.1) is 23.2 Å². The van der Waals surface area contributed by atoms with E-state index < -0.39 is 11.9 Å². The lowest BCUT2D eigenvalue weighted by atomic mass is 9.95. The maximum atomic E-state index is 13.0. The number of aromatic amines is 1. The second-order valence-corrected chi connectivity index (χ2v) is 8.65. The number of aromatic nitrogens is 2. The Morgan fingerprint density at radius 2 is 2.06 bits per heavy atom. The monoisotopic (exact) mass is 467 g/mol. The van der Waals surface area contributed by atoms with Gasteiger partial charge in [0.1, 0.15) is 0 Å². The molecule has 0 bridgehead atoms. The lowest BCUT2D eigenvalue weighted by molar-refractivity contribution is -0.138. The molecule has 1 aliphatic rings. The fraction of sp³-hybridized carbons (Fsp3) is 0.292. The highest BCUT2D eigenvalue weighted by Gasteiger charge is 2.29. The maximum absolute atomic E-state index is 13.0. The van der Waals surface area contributed by atoms with Crippen molar-refractivity contribution in [3.05, 3.63) is 80.7 Å². The molecule has 0 radical (unpaired) electrons. The summed E-state index contributed by atoms with van der Waals surface area (Å²) in [5.41, 5.74) is 9.02. The molecule has 2 aromatic carbocycles. The summed E-state index contributed by atoms with van der Waals surface area (Å²) in [4.78, 5) is 33.7. The van der Waals surface area contributed by atoms with Crippen molar-refractivity contribution in [3.8, 4) is 11.1 Å². The highest BCUT2D eigenvalue weighted by Crippen LogP contribution is 2.31. The summed E-state index contributed by atoms with van der Waals surface area (Å²) in [5, 5.41) is 13.3. The SMILES string of the molecule is CC(C(=O)O)c1ccc(-c2c(C3CNCCN3Cc3cccc(Cl)c3)nc(N)[nH]c2=O)cc1. The van der Waals surface area contributed by atoms with E-state index in [1.165, 1.54) is 0 Å². The summed E-state index contributed by atoms with van der Waals surface area (Å²) in [7, 11) is 0. The van der Waals surface area contributed by atoms with Crippen molar-refractivity contribution < 1.29 is 9.90 Å². The fourth-order valence-corrected chi connectivity index (χ4v) is 4.40. The Morgan fingerprint density at radius 1 is 1.30 bits per heavy atom. The third-order valence-corrected chi connectivity index (χ3v) is 6.22. The topological polar surface area (TPSA) is 124 Å². The van der Waals surface area contributed by atoms with Gasteiger partial charge in [-0.15, -0.1) is 0 Å². The summed E-state index contributed by atoms with van der Waals surface area (Å²) < 4.78 is 0. The average molecular weight is 468 g/mol. The summed E-state index contributed by atoms with van der Waals surface area (Å²) in [6.45, 7) is 4.46. The van der Waals surface area contributed by atoms with Crippen LogP contribution < -0.4 is 16.6 Å². The van der Waals surface area contributed by atoms with Gasteiger partial charge in [-0.05, 0) is 35.7 Å². The third kappa shape index (κ3) is 5.08. The molecule has 0 spiro atoms. The number of piperazine rings is 1. The molecule has 1 aliphatic heterocycles. The van der Waals surface area contributed by atoms with Crippen molar-refractivity contribution >= 4 is 23.5 Å². The molecule has 172 valence electrons. The van der Waals surface area contributed by atoms with Crippen LogP contribution in [0.4, 0.5) is 5.95 Å². The van der Waals surface area contributed by atoms with Gasteiger partial charge in [0, 0.05) is 31.2 Å². The van der Waals surface area contributed by atoms with E-state index in [0.717, 1.165) is 18.7 Å². The number of rotatable bonds is 6. The van der Waals surface area contributed by atoms with E-state index >= 15 is 0 Å². The van der Waals surface area contributed by atoms with Crippen LogP contribution in [-0.4, -0.2) is 45.6 Å². The number of halogens is 1. The average Bonchev–Trinajstić information content (AvgIpc) is 2.79. The summed E-state index contributed by atoms with van der Waals surface area (Å²) in [5.74, 6) is -1.49. The second kappa shape index (κ2) is 9.74. The van der Waals surface area contributed by atoms with Crippen LogP contribution in [0, 0.1) is 0 Å². The van der Waals surface area contributed by atoms with E-state index in [9.17, 15) is 14.7 Å². The Morgan fingerprint density at radius 3 is 2.76 bits per heavy atom. The molecule has 1 aromatic heterocycles. The van der Waals surface area contributed by atoms with Gasteiger partial charge in [0.15, 0.2) is 0 Å². The molecule has 9 heteroatoms. The molecule has 2 unspecified atom stereocenters. The quantitative estimate of drug-likeness (QED) is 0.439. The molecule has 5 N–H and O–H groups in total. The van der Waals surface area contributed by atoms with Crippen LogP contribution in [0.25, 0.3) is 11.1 Å². The number of carboxylic acids is 1. The van der Waals surface area contributed by atoms with Crippen LogP contribution >= 0.6 is 11.6 Å². The Kier molecular flexibility index (Phi) is 6.78. The third-order valence-electron chi connectivity index (χ3n) is 5.98. The van der Waals surface area contributed by atoms with Crippen molar-refractivity contribution in [3.63, 3.8) is 0 Å². The van der Waals surface area contributed by atoms with Crippen molar-refractivity contribution in [2.45, 2.75) is 25.4 Å². The number of benzene rings is 2. The number of anilines is 1. The number of aliphatic carboxylic acids is 1. The minimum Gasteiger partial charge on any atom is -0.481 e. The standard InChI is InChI=1S/C24H26ClN5O3/c1-14(23(32)33)16-5-7-17(8-6-16)20-21(28-24(26)29-22(20)31)19-12-27-9-10-30(19)13-15-3-2-4-18(25)11-15/h2-8,11,14,19,27H,9-10,12-13H2,1H3,(H,32,33)(H3,26,28,29,31). The Labute approximate surface area is 196 Å². The van der Waals surface area contributed by atoms with Crippen molar-refractivity contribution in [1.29, 1.82) is 0 Å². The van der Waals surface area contributed by atoms with Crippen LogP contribution in [0.5, 0.6) is 0 Å². The number of nitrogens with zero attached hydrogens (tertiary/aromatic N) is 2. The first-order chi connectivity index (χ1) is 15.8. The van der Waals surface area contributed by atoms with E-state index in [-0.39, 0.29) is 17.5 Å². The van der Waals surface area contributed by atoms with E-state index in [4.69, 9.17) is 17.3 Å². The van der Waals surface area contributed by atoms with Gasteiger partial charge in [-0.2, -0.15) is 0 Å². The molecule has 1 fully saturated rings. The molecule has 2 atom stereocenters. The number of nitrogens with one attached hydrogen (secondary N) is 2. The van der Waals surface area contributed by atoms with Crippen LogP contribution in [0.3, 0.4) is 0 Å². The Hall–Kier alpha value is -3.20. The molecular formula is C24H26ClN5O3. The zero-order valence-corrected chi connectivity index (χ0v) is 19.0. The summed E-state index contributed by atoms with van der Waals surface area (Å²) in [6.07, 6.45) is 0. The molecule has 2 heterocycles. The molecular weight excluding hydrogens is 442 g/mol. The first-order valence-corrected chi connectivity index (χ1v) is 11.1. The molecule has 3 aromatic rings. The van der Waals surface area contributed by atoms with Gasteiger partial charge in [0.2, 0.25) is 5.95 Å². The zero-order chi connectivity index (χ0) is 23.5. The smallest absolute Gasteiger partial charge is 0.310 e. The lowest BCUT2D eigenvalue weighted by Crippen LogP contribution is -2.46. The predicted molar refractivity (Wildman–Crippen MR) is 128 cm³/mol. The Bertz CT molecular complexity index is 1210. The van der Waals surface area contributed by atoms with Crippen LogP contribution in [0.15, 0.2) is 53.3 Å². The number of H-pyrrole nitrogens is 1. The first kappa shape index (κ1) is 23.0. The zero-order valence-electron chi connectivity index (χ0n) is 18.2. The van der Waals surface area contributed by atoms with Gasteiger partial charge >= 0.3 is 5.97 Å². The van der Waals surface area contributed by atoms with Gasteiger partial charge < -0.3 is 16.2 Å². The largest absolute Gasteiger partial charge is 0.481 e. The number of hydrogen-bond donors (Lipinski definition) is 4. The minimum absolute atomic E-state index is 0.0585. The van der Waals surface area contributed by atoms with E-state index in [2.05, 4.69) is 20.2 Å². The molecule has 1 saturated heterocycles. The number of nitrogens with two attached hydrogens (primary N) is 1. The van der Waals surface area contributed by atoms with Crippen LogP contribution in [-0.2, 0) is 11.3 Å². The number of nitrogen functional groups attached to an aromatic ring is 1. The fourth-order valence-electron chi connectivity index (χ4n) is 4.18. The van der Waals surface area contributed by atoms with Crippen molar-refractivity contribution in [1.82, 2.24) is 20.2 Å². The Balaban J connectivity index is 1.74. The second-order valence-electron chi connectivity index (χ2n) is 8.21. The molecule has 33 heavy (non-hydrogen) atoms. The normalized spacial score (nSPS) is 17.6. The van der Waals surface area contributed by atoms with E-state index in [1.807, 2.05) is 24.3 Å². The first-order valence-electron chi connectivity index (χ1n) is 10.8. The molecule has 0 amide bonds. The van der Waals surface area contributed by atoms with E-state index in [1.54, 1.807) is 31.2 Å².